The molecule has 0 unspecified atom stereocenters. The van der Waals surface area contributed by atoms with E-state index in [0.717, 1.165) is 24.4 Å². The number of aryl methyl sites for hydroxylation is 1. The number of rotatable bonds is 5. The highest BCUT2D eigenvalue weighted by atomic mass is 19.4. The molecule has 1 amide bonds. The van der Waals surface area contributed by atoms with Crippen molar-refractivity contribution in [3.05, 3.63) is 41.5 Å². The maximum Gasteiger partial charge on any atom is 0.471 e. The lowest BCUT2D eigenvalue weighted by atomic mass is 10.2. The maximum absolute atomic E-state index is 12.4. The first kappa shape index (κ1) is 17.8. The number of halogens is 3. The predicted octanol–water partition coefficient (Wildman–Crippen LogP) is 2.26. The van der Waals surface area contributed by atoms with E-state index in [-0.39, 0.29) is 6.54 Å². The molecular formula is C15H18F3N5O. The summed E-state index contributed by atoms with van der Waals surface area (Å²) in [5.74, 6) is -0.342. The quantitative estimate of drug-likeness (QED) is 0.906. The zero-order valence-corrected chi connectivity index (χ0v) is 13.6. The molecule has 9 heteroatoms. The van der Waals surface area contributed by atoms with E-state index in [0.29, 0.717) is 17.0 Å². The van der Waals surface area contributed by atoms with Crippen molar-refractivity contribution in [2.24, 2.45) is 7.05 Å². The van der Waals surface area contributed by atoms with E-state index < -0.39 is 12.1 Å². The molecule has 0 aliphatic heterocycles. The van der Waals surface area contributed by atoms with E-state index in [9.17, 15) is 18.0 Å². The van der Waals surface area contributed by atoms with Crippen LogP contribution in [0.4, 0.5) is 18.9 Å². The minimum absolute atomic E-state index is 0.128. The Balaban J connectivity index is 2.01. The van der Waals surface area contributed by atoms with Gasteiger partial charge in [-0.15, -0.1) is 10.2 Å². The number of nitrogens with one attached hydrogen (secondary N) is 1. The molecule has 0 aliphatic carbocycles. The summed E-state index contributed by atoms with van der Waals surface area (Å²) in [7, 11) is 2.97. The number of benzene rings is 1. The van der Waals surface area contributed by atoms with Crippen LogP contribution < -0.4 is 5.32 Å². The van der Waals surface area contributed by atoms with Gasteiger partial charge in [-0.1, -0.05) is 12.1 Å². The summed E-state index contributed by atoms with van der Waals surface area (Å²) in [6.45, 7) is 2.14. The van der Waals surface area contributed by atoms with Gasteiger partial charge in [0.05, 0.1) is 6.54 Å². The Hall–Kier alpha value is -2.58. The molecule has 0 aliphatic rings. The van der Waals surface area contributed by atoms with Gasteiger partial charge in [0.1, 0.15) is 5.82 Å². The highest BCUT2D eigenvalue weighted by molar-refractivity contribution is 5.81. The topological polar surface area (TPSA) is 63.1 Å². The van der Waals surface area contributed by atoms with E-state index in [1.165, 1.54) is 0 Å². The number of amides is 1. The molecular weight excluding hydrogens is 323 g/mol. The summed E-state index contributed by atoms with van der Waals surface area (Å²) >= 11 is 0. The summed E-state index contributed by atoms with van der Waals surface area (Å²) in [5, 5.41) is 11.1. The van der Waals surface area contributed by atoms with Gasteiger partial charge in [-0.05, 0) is 24.6 Å². The van der Waals surface area contributed by atoms with Gasteiger partial charge in [-0.2, -0.15) is 13.2 Å². The van der Waals surface area contributed by atoms with Crippen molar-refractivity contribution in [3.8, 4) is 0 Å². The van der Waals surface area contributed by atoms with Gasteiger partial charge >= 0.3 is 12.1 Å². The third-order valence-corrected chi connectivity index (χ3v) is 3.57. The van der Waals surface area contributed by atoms with Crippen molar-refractivity contribution >= 4 is 11.6 Å². The van der Waals surface area contributed by atoms with Crippen LogP contribution in [0.5, 0.6) is 0 Å². The molecule has 0 fully saturated rings. The number of nitrogens with zero attached hydrogens (tertiary/aromatic N) is 4. The summed E-state index contributed by atoms with van der Waals surface area (Å²) in [6.07, 6.45) is -4.87. The number of carbonyl (C=O) groups is 1. The molecule has 0 bridgehead atoms. The van der Waals surface area contributed by atoms with Crippen molar-refractivity contribution in [2.45, 2.75) is 26.2 Å². The van der Waals surface area contributed by atoms with Crippen LogP contribution in [0, 0.1) is 6.92 Å². The third-order valence-electron chi connectivity index (χ3n) is 3.57. The Morgan fingerprint density at radius 1 is 1.33 bits per heavy atom. The van der Waals surface area contributed by atoms with Gasteiger partial charge in [0.25, 0.3) is 0 Å². The van der Waals surface area contributed by atoms with Crippen molar-refractivity contribution in [1.29, 1.82) is 0 Å². The van der Waals surface area contributed by atoms with Gasteiger partial charge in [-0.25, -0.2) is 0 Å². The molecule has 2 rings (SSSR count). The number of alkyl halides is 3. The lowest BCUT2D eigenvalue weighted by molar-refractivity contribution is -0.184. The lowest BCUT2D eigenvalue weighted by Gasteiger charge is -2.19. The molecule has 1 aromatic heterocycles. The zero-order valence-electron chi connectivity index (χ0n) is 13.6. The fraction of sp³-hybridized carbons (Fsp3) is 0.400. The van der Waals surface area contributed by atoms with Crippen LogP contribution in [0.15, 0.2) is 24.3 Å². The second kappa shape index (κ2) is 6.90. The average Bonchev–Trinajstić information content (AvgIpc) is 2.83. The number of aromatic nitrogens is 3. The Bertz CT molecular complexity index is 726. The standard InChI is InChI=1S/C15H18F3N5O/c1-10-20-21-13(23(10)3)8-19-12-6-4-5-11(7-12)9-22(2)14(24)15(16,17)18/h4-7,19H,8-9H2,1-3H3. The van der Waals surface area contributed by atoms with Crippen LogP contribution in [-0.2, 0) is 24.9 Å². The summed E-state index contributed by atoms with van der Waals surface area (Å²) in [6, 6.07) is 6.87. The molecule has 0 saturated carbocycles. The zero-order chi connectivity index (χ0) is 17.9. The normalized spacial score (nSPS) is 11.4. The van der Waals surface area contributed by atoms with Crippen LogP contribution >= 0.6 is 0 Å². The van der Waals surface area contributed by atoms with Gasteiger partial charge in [0.2, 0.25) is 0 Å². The van der Waals surface area contributed by atoms with Crippen LogP contribution in [-0.4, -0.2) is 38.8 Å². The fourth-order valence-corrected chi connectivity index (χ4v) is 2.13. The molecule has 1 N–H and O–H groups in total. The van der Waals surface area contributed by atoms with Gasteiger partial charge in [0, 0.05) is 26.3 Å². The van der Waals surface area contributed by atoms with E-state index >= 15 is 0 Å². The molecule has 0 atom stereocenters. The molecule has 24 heavy (non-hydrogen) atoms. The minimum atomic E-state index is -4.87. The number of anilines is 1. The summed E-state index contributed by atoms with van der Waals surface area (Å²) in [5.41, 5.74) is 1.32. The third kappa shape index (κ3) is 4.24. The Morgan fingerprint density at radius 3 is 2.62 bits per heavy atom. The predicted molar refractivity (Wildman–Crippen MR) is 82.0 cm³/mol. The largest absolute Gasteiger partial charge is 0.471 e. The Kier molecular flexibility index (Phi) is 5.10. The smallest absolute Gasteiger partial charge is 0.378 e. The first-order valence-corrected chi connectivity index (χ1v) is 7.18. The molecule has 130 valence electrons. The maximum atomic E-state index is 12.4. The highest BCUT2D eigenvalue weighted by Crippen LogP contribution is 2.20. The number of hydrogen-bond donors (Lipinski definition) is 1. The van der Waals surface area contributed by atoms with Crippen molar-refractivity contribution in [2.75, 3.05) is 12.4 Å². The van der Waals surface area contributed by atoms with Gasteiger partial charge < -0.3 is 14.8 Å². The fourth-order valence-electron chi connectivity index (χ4n) is 2.13. The molecule has 2 aromatic rings. The molecule has 1 heterocycles. The Labute approximate surface area is 137 Å². The van der Waals surface area contributed by atoms with Crippen LogP contribution in [0.25, 0.3) is 0 Å². The first-order chi connectivity index (χ1) is 11.2. The second-order valence-corrected chi connectivity index (χ2v) is 5.44. The molecule has 0 saturated heterocycles. The van der Waals surface area contributed by atoms with E-state index in [1.54, 1.807) is 24.3 Å². The van der Waals surface area contributed by atoms with Crippen molar-refractivity contribution < 1.29 is 18.0 Å². The SMILES string of the molecule is Cc1nnc(CNc2cccc(CN(C)C(=O)C(F)(F)F)c2)n1C. The van der Waals surface area contributed by atoms with Gasteiger partial charge in [-0.3, -0.25) is 4.79 Å². The summed E-state index contributed by atoms with van der Waals surface area (Å²) in [4.78, 5) is 11.8. The van der Waals surface area contributed by atoms with Crippen molar-refractivity contribution in [1.82, 2.24) is 19.7 Å². The average molecular weight is 341 g/mol. The van der Waals surface area contributed by atoms with E-state index in [4.69, 9.17) is 0 Å². The number of carbonyl (C=O) groups excluding carboxylic acids is 1. The Morgan fingerprint density at radius 2 is 2.04 bits per heavy atom. The monoisotopic (exact) mass is 341 g/mol. The lowest BCUT2D eigenvalue weighted by Crippen LogP contribution is -2.37. The van der Waals surface area contributed by atoms with Crippen LogP contribution in [0.3, 0.4) is 0 Å². The first-order valence-electron chi connectivity index (χ1n) is 7.18. The molecule has 0 radical (unpaired) electrons. The van der Waals surface area contributed by atoms with Crippen LogP contribution in [0.2, 0.25) is 0 Å². The highest BCUT2D eigenvalue weighted by Gasteiger charge is 2.41. The summed E-state index contributed by atoms with van der Waals surface area (Å²) < 4.78 is 39.1. The molecule has 1 aromatic carbocycles. The van der Waals surface area contributed by atoms with E-state index in [2.05, 4.69) is 15.5 Å². The molecule has 0 spiro atoms. The van der Waals surface area contributed by atoms with Crippen molar-refractivity contribution in [3.63, 3.8) is 0 Å². The van der Waals surface area contributed by atoms with E-state index in [1.807, 2.05) is 18.5 Å². The minimum Gasteiger partial charge on any atom is -0.378 e. The van der Waals surface area contributed by atoms with Crippen LogP contribution in [0.1, 0.15) is 17.2 Å². The molecule has 6 nitrogen and oxygen atoms in total. The van der Waals surface area contributed by atoms with Gasteiger partial charge in [0.15, 0.2) is 5.82 Å². The second-order valence-electron chi connectivity index (χ2n) is 5.44. The number of hydrogen-bond acceptors (Lipinski definition) is 4.